The Morgan fingerprint density at radius 2 is 1.71 bits per heavy atom. The van der Waals surface area contributed by atoms with Crippen molar-refractivity contribution in [2.75, 3.05) is 39.4 Å². The predicted octanol–water partition coefficient (Wildman–Crippen LogP) is 3.11. The molecular weight excluding hydrogens is 300 g/mol. The van der Waals surface area contributed by atoms with Crippen LogP contribution in [0, 0.1) is 0 Å². The van der Waals surface area contributed by atoms with E-state index in [-0.39, 0.29) is 0 Å². The van der Waals surface area contributed by atoms with Gasteiger partial charge in [0.1, 0.15) is 6.61 Å². The van der Waals surface area contributed by atoms with Crippen molar-refractivity contribution in [3.63, 3.8) is 0 Å². The standard InChI is InChI=1S/C20H26N2O2/c1-2-23-19-10-6-7-11-20(19)24-15-14-22-13-12-21-16-18(22)17-8-4-3-5-9-17/h3-11,18,21H,2,12-16H2,1H3. The smallest absolute Gasteiger partial charge is 0.161 e. The molecule has 0 aromatic heterocycles. The molecule has 1 aliphatic rings. The van der Waals surface area contributed by atoms with Gasteiger partial charge in [-0.1, -0.05) is 42.5 Å². The number of nitrogens with one attached hydrogen (secondary N) is 1. The molecular formula is C20H26N2O2. The van der Waals surface area contributed by atoms with E-state index in [0.29, 0.717) is 19.3 Å². The molecule has 24 heavy (non-hydrogen) atoms. The average molecular weight is 326 g/mol. The molecule has 1 atom stereocenters. The number of nitrogens with zero attached hydrogens (tertiary/aromatic N) is 1. The lowest BCUT2D eigenvalue weighted by Gasteiger charge is -2.36. The summed E-state index contributed by atoms with van der Waals surface area (Å²) in [6.07, 6.45) is 0. The largest absolute Gasteiger partial charge is 0.490 e. The van der Waals surface area contributed by atoms with E-state index in [9.17, 15) is 0 Å². The van der Waals surface area contributed by atoms with Crippen molar-refractivity contribution in [2.45, 2.75) is 13.0 Å². The Labute approximate surface area is 144 Å². The van der Waals surface area contributed by atoms with E-state index in [1.165, 1.54) is 5.56 Å². The van der Waals surface area contributed by atoms with E-state index in [0.717, 1.165) is 37.7 Å². The third-order valence-electron chi connectivity index (χ3n) is 4.32. The maximum atomic E-state index is 5.99. The van der Waals surface area contributed by atoms with Crippen molar-refractivity contribution < 1.29 is 9.47 Å². The Morgan fingerprint density at radius 3 is 2.46 bits per heavy atom. The zero-order valence-electron chi connectivity index (χ0n) is 14.3. The second-order valence-corrected chi connectivity index (χ2v) is 5.89. The predicted molar refractivity (Wildman–Crippen MR) is 96.7 cm³/mol. The molecule has 4 heteroatoms. The third kappa shape index (κ3) is 4.28. The summed E-state index contributed by atoms with van der Waals surface area (Å²) < 4.78 is 11.6. The molecule has 4 nitrogen and oxygen atoms in total. The van der Waals surface area contributed by atoms with Crippen molar-refractivity contribution in [2.24, 2.45) is 0 Å². The van der Waals surface area contributed by atoms with E-state index in [2.05, 4.69) is 40.5 Å². The molecule has 1 unspecified atom stereocenters. The molecule has 0 spiro atoms. The van der Waals surface area contributed by atoms with Crippen LogP contribution in [-0.4, -0.2) is 44.3 Å². The monoisotopic (exact) mass is 326 g/mol. The Hall–Kier alpha value is -2.04. The number of hydrogen-bond donors (Lipinski definition) is 1. The molecule has 1 saturated heterocycles. The second-order valence-electron chi connectivity index (χ2n) is 5.89. The van der Waals surface area contributed by atoms with Gasteiger partial charge in [-0.15, -0.1) is 0 Å². The van der Waals surface area contributed by atoms with Crippen molar-refractivity contribution in [3.05, 3.63) is 60.2 Å². The fourth-order valence-corrected chi connectivity index (χ4v) is 3.13. The summed E-state index contributed by atoms with van der Waals surface area (Å²) in [6.45, 7) is 7.25. The van der Waals surface area contributed by atoms with Crippen LogP contribution in [0.5, 0.6) is 11.5 Å². The highest BCUT2D eigenvalue weighted by Crippen LogP contribution is 2.27. The van der Waals surface area contributed by atoms with Crippen LogP contribution in [-0.2, 0) is 0 Å². The number of para-hydroxylation sites is 2. The Morgan fingerprint density at radius 1 is 1.00 bits per heavy atom. The maximum absolute atomic E-state index is 5.99. The van der Waals surface area contributed by atoms with Crippen LogP contribution >= 0.6 is 0 Å². The Bertz CT molecular complexity index is 618. The highest BCUT2D eigenvalue weighted by molar-refractivity contribution is 5.39. The number of benzene rings is 2. The maximum Gasteiger partial charge on any atom is 0.161 e. The van der Waals surface area contributed by atoms with Crippen LogP contribution in [0.4, 0.5) is 0 Å². The fraction of sp³-hybridized carbons (Fsp3) is 0.400. The van der Waals surface area contributed by atoms with E-state index in [1.807, 2.05) is 31.2 Å². The summed E-state index contributed by atoms with van der Waals surface area (Å²) in [5.74, 6) is 1.64. The van der Waals surface area contributed by atoms with Gasteiger partial charge in [0.2, 0.25) is 0 Å². The SMILES string of the molecule is CCOc1ccccc1OCCN1CCNCC1c1ccccc1. The molecule has 1 aliphatic heterocycles. The minimum Gasteiger partial charge on any atom is -0.490 e. The topological polar surface area (TPSA) is 33.7 Å². The van der Waals surface area contributed by atoms with E-state index in [4.69, 9.17) is 9.47 Å². The lowest BCUT2D eigenvalue weighted by atomic mass is 10.0. The van der Waals surface area contributed by atoms with Gasteiger partial charge in [0.25, 0.3) is 0 Å². The fourth-order valence-electron chi connectivity index (χ4n) is 3.13. The third-order valence-corrected chi connectivity index (χ3v) is 4.32. The first-order valence-electron chi connectivity index (χ1n) is 8.73. The van der Waals surface area contributed by atoms with Crippen LogP contribution in [0.25, 0.3) is 0 Å². The van der Waals surface area contributed by atoms with Crippen molar-refractivity contribution in [1.29, 1.82) is 0 Å². The quantitative estimate of drug-likeness (QED) is 0.848. The van der Waals surface area contributed by atoms with Crippen LogP contribution in [0.3, 0.4) is 0 Å². The molecule has 0 bridgehead atoms. The van der Waals surface area contributed by atoms with E-state index < -0.39 is 0 Å². The first-order chi connectivity index (χ1) is 11.9. The zero-order valence-corrected chi connectivity index (χ0v) is 14.3. The molecule has 0 saturated carbocycles. The van der Waals surface area contributed by atoms with Crippen LogP contribution < -0.4 is 14.8 Å². The van der Waals surface area contributed by atoms with Crippen molar-refractivity contribution >= 4 is 0 Å². The molecule has 1 fully saturated rings. The lowest BCUT2D eigenvalue weighted by Crippen LogP contribution is -2.47. The van der Waals surface area contributed by atoms with Gasteiger partial charge in [0.05, 0.1) is 6.61 Å². The van der Waals surface area contributed by atoms with E-state index in [1.54, 1.807) is 0 Å². The lowest BCUT2D eigenvalue weighted by molar-refractivity contribution is 0.132. The summed E-state index contributed by atoms with van der Waals surface area (Å²) >= 11 is 0. The highest BCUT2D eigenvalue weighted by atomic mass is 16.5. The summed E-state index contributed by atoms with van der Waals surface area (Å²) in [5.41, 5.74) is 1.36. The van der Waals surface area contributed by atoms with Gasteiger partial charge in [0, 0.05) is 32.2 Å². The van der Waals surface area contributed by atoms with Gasteiger partial charge in [-0.2, -0.15) is 0 Å². The van der Waals surface area contributed by atoms with Crippen LogP contribution in [0.1, 0.15) is 18.5 Å². The zero-order chi connectivity index (χ0) is 16.6. The van der Waals surface area contributed by atoms with Gasteiger partial charge >= 0.3 is 0 Å². The first kappa shape index (κ1) is 16.8. The molecule has 0 amide bonds. The van der Waals surface area contributed by atoms with Gasteiger partial charge in [-0.3, -0.25) is 4.90 Å². The summed E-state index contributed by atoms with van der Waals surface area (Å²) in [5, 5.41) is 3.49. The number of rotatable bonds is 7. The molecule has 1 heterocycles. The molecule has 0 radical (unpaired) electrons. The second kappa shape index (κ2) is 8.71. The van der Waals surface area contributed by atoms with E-state index >= 15 is 0 Å². The van der Waals surface area contributed by atoms with Gasteiger partial charge in [0.15, 0.2) is 11.5 Å². The highest BCUT2D eigenvalue weighted by Gasteiger charge is 2.23. The van der Waals surface area contributed by atoms with Crippen molar-refractivity contribution in [3.8, 4) is 11.5 Å². The normalized spacial score (nSPS) is 18.3. The average Bonchev–Trinajstić information content (AvgIpc) is 2.64. The Balaban J connectivity index is 1.59. The minimum atomic E-state index is 0.408. The number of ether oxygens (including phenoxy) is 2. The van der Waals surface area contributed by atoms with Gasteiger partial charge < -0.3 is 14.8 Å². The first-order valence-corrected chi connectivity index (χ1v) is 8.73. The molecule has 2 aromatic carbocycles. The van der Waals surface area contributed by atoms with Crippen molar-refractivity contribution in [1.82, 2.24) is 10.2 Å². The summed E-state index contributed by atoms with van der Waals surface area (Å²) in [6, 6.07) is 19.0. The van der Waals surface area contributed by atoms with Gasteiger partial charge in [-0.05, 0) is 24.6 Å². The van der Waals surface area contributed by atoms with Crippen LogP contribution in [0.2, 0.25) is 0 Å². The van der Waals surface area contributed by atoms with Gasteiger partial charge in [-0.25, -0.2) is 0 Å². The molecule has 2 aromatic rings. The van der Waals surface area contributed by atoms with Crippen LogP contribution in [0.15, 0.2) is 54.6 Å². The summed E-state index contributed by atoms with van der Waals surface area (Å²) in [4.78, 5) is 2.50. The molecule has 3 rings (SSSR count). The minimum absolute atomic E-state index is 0.408. The molecule has 0 aliphatic carbocycles. The molecule has 128 valence electrons. The summed E-state index contributed by atoms with van der Waals surface area (Å²) in [7, 11) is 0. The Kier molecular flexibility index (Phi) is 6.10. The molecule has 1 N–H and O–H groups in total. The number of piperazine rings is 1. The number of hydrogen-bond acceptors (Lipinski definition) is 4.